The Hall–Kier alpha value is -3.86. The Labute approximate surface area is 272 Å². The van der Waals surface area contributed by atoms with Crippen molar-refractivity contribution in [2.45, 2.75) is 56.8 Å². The zero-order chi connectivity index (χ0) is 32.7. The molecule has 2 aliphatic rings. The fourth-order valence-corrected chi connectivity index (χ4v) is 7.37. The molecule has 1 spiro atoms. The maximum Gasteiger partial charge on any atom is 0.407 e. The molecule has 1 heterocycles. The van der Waals surface area contributed by atoms with Crippen molar-refractivity contribution in [2.75, 3.05) is 33.4 Å². The van der Waals surface area contributed by atoms with Crippen molar-refractivity contribution in [3.63, 3.8) is 0 Å². The third-order valence-corrected chi connectivity index (χ3v) is 10.5. The molecule has 1 saturated carbocycles. The van der Waals surface area contributed by atoms with Crippen molar-refractivity contribution in [1.29, 1.82) is 0 Å². The van der Waals surface area contributed by atoms with Crippen LogP contribution in [0.4, 0.5) is 4.79 Å². The first-order valence-electron chi connectivity index (χ1n) is 15.7. The number of hydrogen-bond donors (Lipinski definition) is 1. The molecule has 0 aromatic heterocycles. The van der Waals surface area contributed by atoms with E-state index in [2.05, 4.69) is 11.9 Å². The second-order valence-electron chi connectivity index (χ2n) is 12.5. The number of nitrogens with zero attached hydrogens (tertiary/aromatic N) is 1. The Morgan fingerprint density at radius 2 is 1.74 bits per heavy atom. The lowest BCUT2D eigenvalue weighted by Gasteiger charge is -2.28. The number of sulfonamides is 1. The Morgan fingerprint density at radius 1 is 1.04 bits per heavy atom. The minimum absolute atomic E-state index is 0.0695. The summed E-state index contributed by atoms with van der Waals surface area (Å²) in [7, 11) is -2.28. The molecule has 1 amide bonds. The second-order valence-corrected chi connectivity index (χ2v) is 14.4. The highest BCUT2D eigenvalue weighted by atomic mass is 32.2. The van der Waals surface area contributed by atoms with E-state index in [1.54, 1.807) is 24.3 Å². The highest BCUT2D eigenvalue weighted by Gasteiger charge is 2.59. The topological polar surface area (TPSA) is 103 Å². The van der Waals surface area contributed by atoms with Gasteiger partial charge < -0.3 is 24.3 Å². The molecule has 1 aliphatic heterocycles. The highest BCUT2D eigenvalue weighted by molar-refractivity contribution is 7.89. The van der Waals surface area contributed by atoms with Gasteiger partial charge in [0.25, 0.3) is 0 Å². The van der Waals surface area contributed by atoms with E-state index in [0.717, 1.165) is 24.0 Å². The minimum Gasteiger partial charge on any atom is -0.497 e. The lowest BCUT2D eigenvalue weighted by atomic mass is 9.97. The molecule has 0 radical (unpaired) electrons. The van der Waals surface area contributed by atoms with Crippen LogP contribution in [-0.2, 0) is 26.1 Å². The lowest BCUT2D eigenvalue weighted by Crippen LogP contribution is -2.41. The molecule has 10 heteroatoms. The van der Waals surface area contributed by atoms with Crippen LogP contribution in [-0.4, -0.2) is 64.4 Å². The number of amides is 1. The van der Waals surface area contributed by atoms with Gasteiger partial charge in [-0.25, -0.2) is 13.2 Å². The number of hydrogen-bond acceptors (Lipinski definition) is 7. The van der Waals surface area contributed by atoms with Gasteiger partial charge in [0, 0.05) is 25.1 Å². The quantitative estimate of drug-likeness (QED) is 0.206. The van der Waals surface area contributed by atoms with Crippen LogP contribution in [0.3, 0.4) is 0 Å². The largest absolute Gasteiger partial charge is 0.497 e. The Kier molecular flexibility index (Phi) is 10.7. The van der Waals surface area contributed by atoms with Crippen molar-refractivity contribution >= 4 is 21.7 Å². The first kappa shape index (κ1) is 33.5. The summed E-state index contributed by atoms with van der Waals surface area (Å²) in [5.74, 6) is 1.36. The van der Waals surface area contributed by atoms with Gasteiger partial charge in [0.1, 0.15) is 24.2 Å². The van der Waals surface area contributed by atoms with Gasteiger partial charge in [0.15, 0.2) is 0 Å². The van der Waals surface area contributed by atoms with Gasteiger partial charge in [-0.3, -0.25) is 0 Å². The first-order valence-corrected chi connectivity index (χ1v) is 17.2. The summed E-state index contributed by atoms with van der Waals surface area (Å²) in [4.78, 5) is 13.4. The number of nitrogens with one attached hydrogen (secondary N) is 1. The Morgan fingerprint density at radius 3 is 2.37 bits per heavy atom. The molecule has 1 N–H and O–H groups in total. The SMILES string of the molecule is C=C(c1ccc(OCc2ccccc2)cc1)[C@@H](CCN(CC(C)C)S(=O)(=O)c1ccc(OC)cc1)NC(=O)O[C@H]1CC12CCOC2. The molecule has 3 atom stereocenters. The number of benzene rings is 3. The predicted molar refractivity (Wildman–Crippen MR) is 177 cm³/mol. The molecule has 5 rings (SSSR count). The van der Waals surface area contributed by atoms with Crippen LogP contribution in [0.1, 0.15) is 44.2 Å². The molecule has 3 aromatic rings. The number of methoxy groups -OCH3 is 1. The van der Waals surface area contributed by atoms with Gasteiger partial charge in [0.05, 0.1) is 24.7 Å². The van der Waals surface area contributed by atoms with Gasteiger partial charge in [-0.05, 0) is 78.3 Å². The van der Waals surface area contributed by atoms with Crippen molar-refractivity contribution < 1.29 is 32.2 Å². The standard InChI is InChI=1S/C36H44N2O7S/c1-26(2)23-38(46(40,41)32-16-14-30(42-4)15-17-32)20-18-33(37-35(39)45-34-22-36(34)19-21-43-25-36)27(3)29-10-12-31(13-11-29)44-24-28-8-6-5-7-9-28/h5-17,26,33-34H,3,18-25H2,1-2,4H3,(H,37,39)/t33-,34+,36?/m1/s1. The van der Waals surface area contributed by atoms with E-state index in [1.165, 1.54) is 11.4 Å². The predicted octanol–water partition coefficient (Wildman–Crippen LogP) is 6.30. The minimum atomic E-state index is -3.82. The van der Waals surface area contributed by atoms with Gasteiger partial charge in [-0.1, -0.05) is 62.9 Å². The molecule has 1 aliphatic carbocycles. The van der Waals surface area contributed by atoms with E-state index in [1.807, 2.05) is 68.4 Å². The summed E-state index contributed by atoms with van der Waals surface area (Å²) in [5.41, 5.74) is 2.45. The summed E-state index contributed by atoms with van der Waals surface area (Å²) in [6, 6.07) is 23.2. The molecule has 1 unspecified atom stereocenters. The van der Waals surface area contributed by atoms with E-state index in [9.17, 15) is 13.2 Å². The smallest absolute Gasteiger partial charge is 0.407 e. The number of rotatable bonds is 15. The summed E-state index contributed by atoms with van der Waals surface area (Å²) in [5, 5.41) is 3.00. The number of carbonyl (C=O) groups is 1. The molecule has 3 aromatic carbocycles. The first-order chi connectivity index (χ1) is 22.1. The molecule has 1 saturated heterocycles. The molecule has 46 heavy (non-hydrogen) atoms. The van der Waals surface area contributed by atoms with Crippen LogP contribution in [0.15, 0.2) is 90.3 Å². The summed E-state index contributed by atoms with van der Waals surface area (Å²) in [6.07, 6.45) is 1.24. The fraction of sp³-hybridized carbons (Fsp3) is 0.417. The van der Waals surface area contributed by atoms with Crippen molar-refractivity contribution in [3.8, 4) is 11.5 Å². The van der Waals surface area contributed by atoms with Crippen LogP contribution in [0, 0.1) is 11.3 Å². The van der Waals surface area contributed by atoms with Gasteiger partial charge >= 0.3 is 6.09 Å². The maximum absolute atomic E-state index is 13.8. The van der Waals surface area contributed by atoms with Gasteiger partial charge in [0.2, 0.25) is 10.0 Å². The molecular weight excluding hydrogens is 604 g/mol. The van der Waals surface area contributed by atoms with Gasteiger partial charge in [-0.2, -0.15) is 4.31 Å². The average Bonchev–Trinajstić information content (AvgIpc) is 3.49. The van der Waals surface area contributed by atoms with Crippen molar-refractivity contribution in [2.24, 2.45) is 11.3 Å². The average molecular weight is 649 g/mol. The van der Waals surface area contributed by atoms with Crippen LogP contribution < -0.4 is 14.8 Å². The Balaban J connectivity index is 1.31. The van der Waals surface area contributed by atoms with E-state index in [4.69, 9.17) is 18.9 Å². The highest BCUT2D eigenvalue weighted by Crippen LogP contribution is 2.54. The third-order valence-electron chi connectivity index (χ3n) is 8.62. The van der Waals surface area contributed by atoms with Crippen LogP contribution in [0.25, 0.3) is 5.57 Å². The monoisotopic (exact) mass is 648 g/mol. The summed E-state index contributed by atoms with van der Waals surface area (Å²) < 4.78 is 51.5. The van der Waals surface area contributed by atoms with Crippen molar-refractivity contribution in [3.05, 3.63) is 96.6 Å². The van der Waals surface area contributed by atoms with E-state index in [-0.39, 0.29) is 28.9 Å². The van der Waals surface area contributed by atoms with Crippen LogP contribution in [0.5, 0.6) is 11.5 Å². The van der Waals surface area contributed by atoms with Crippen LogP contribution >= 0.6 is 0 Å². The molecule has 246 valence electrons. The Bertz CT molecular complexity index is 1570. The molecular formula is C36H44N2O7S. The lowest BCUT2D eigenvalue weighted by molar-refractivity contribution is 0.111. The van der Waals surface area contributed by atoms with Gasteiger partial charge in [-0.15, -0.1) is 0 Å². The number of ether oxygens (including phenoxy) is 4. The molecule has 0 bridgehead atoms. The maximum atomic E-state index is 13.8. The molecule has 2 fully saturated rings. The molecule has 9 nitrogen and oxygen atoms in total. The van der Waals surface area contributed by atoms with Crippen LogP contribution in [0.2, 0.25) is 0 Å². The van der Waals surface area contributed by atoms with E-state index >= 15 is 0 Å². The third kappa shape index (κ3) is 8.29. The number of alkyl carbamates (subject to hydrolysis) is 1. The number of carbonyl (C=O) groups excluding carboxylic acids is 1. The van der Waals surface area contributed by atoms with E-state index in [0.29, 0.717) is 49.9 Å². The second kappa shape index (κ2) is 14.7. The van der Waals surface area contributed by atoms with Crippen molar-refractivity contribution in [1.82, 2.24) is 9.62 Å². The zero-order valence-corrected chi connectivity index (χ0v) is 27.6. The zero-order valence-electron chi connectivity index (χ0n) is 26.8. The fourth-order valence-electron chi connectivity index (χ4n) is 5.75. The summed E-state index contributed by atoms with van der Waals surface area (Å²) in [6.45, 7) is 10.5. The van der Waals surface area contributed by atoms with E-state index < -0.39 is 22.2 Å². The summed E-state index contributed by atoms with van der Waals surface area (Å²) >= 11 is 0. The normalized spacial score (nSPS) is 19.6.